The van der Waals surface area contributed by atoms with Gasteiger partial charge in [0.15, 0.2) is 0 Å². The molecule has 0 bridgehead atoms. The number of hydrogen-bond acceptors (Lipinski definition) is 4. The van der Waals surface area contributed by atoms with Crippen molar-refractivity contribution in [3.63, 3.8) is 0 Å². The van der Waals surface area contributed by atoms with Crippen molar-refractivity contribution in [3.8, 4) is 0 Å². The molecule has 1 aromatic carbocycles. The Morgan fingerprint density at radius 2 is 1.86 bits per heavy atom. The van der Waals surface area contributed by atoms with Gasteiger partial charge in [-0.25, -0.2) is 8.42 Å². The van der Waals surface area contributed by atoms with Crippen LogP contribution >= 0.6 is 12.4 Å². The van der Waals surface area contributed by atoms with E-state index >= 15 is 0 Å². The number of benzene rings is 1. The molecule has 1 fully saturated rings. The fraction of sp³-hybridized carbons (Fsp3) is 0.333. The van der Waals surface area contributed by atoms with Crippen molar-refractivity contribution in [3.05, 3.63) is 54.3 Å². The van der Waals surface area contributed by atoms with Gasteiger partial charge in [-0.15, -0.1) is 12.4 Å². The maximum Gasteiger partial charge on any atom is 0.276 e. The van der Waals surface area contributed by atoms with E-state index in [-0.39, 0.29) is 29.3 Å². The van der Waals surface area contributed by atoms with E-state index in [1.54, 1.807) is 6.07 Å². The van der Waals surface area contributed by atoms with E-state index in [4.69, 9.17) is 10.2 Å². The number of nitrogens with zero attached hydrogens (tertiary/aromatic N) is 1. The first kappa shape index (κ1) is 17.0. The summed E-state index contributed by atoms with van der Waals surface area (Å²) in [6.07, 6.45) is 1.37. The van der Waals surface area contributed by atoms with Gasteiger partial charge in [-0.2, -0.15) is 4.31 Å². The first-order valence-electron chi connectivity index (χ1n) is 6.91. The topological polar surface area (TPSA) is 76.5 Å². The molecule has 1 saturated heterocycles. The van der Waals surface area contributed by atoms with Crippen molar-refractivity contribution < 1.29 is 12.8 Å². The Morgan fingerprint density at radius 1 is 1.14 bits per heavy atom. The SMILES string of the molecule is Cl.NC[C@@H]1CN(S(=O)(=O)c2ccco2)C[C@H]1c1ccccc1. The van der Waals surface area contributed by atoms with Crippen LogP contribution in [0, 0.1) is 5.92 Å². The Morgan fingerprint density at radius 3 is 2.45 bits per heavy atom. The van der Waals surface area contributed by atoms with Crippen LogP contribution in [0.1, 0.15) is 11.5 Å². The highest BCUT2D eigenvalue weighted by Gasteiger charge is 2.40. The Labute approximate surface area is 136 Å². The second-order valence-electron chi connectivity index (χ2n) is 5.27. The highest BCUT2D eigenvalue weighted by atomic mass is 35.5. The average molecular weight is 343 g/mol. The minimum absolute atomic E-state index is 0. The molecule has 2 atom stereocenters. The summed E-state index contributed by atoms with van der Waals surface area (Å²) in [5, 5.41) is -0.00742. The Hall–Kier alpha value is -1.34. The zero-order valence-electron chi connectivity index (χ0n) is 12.0. The lowest BCUT2D eigenvalue weighted by Crippen LogP contribution is -2.29. The molecule has 5 nitrogen and oxygen atoms in total. The fourth-order valence-electron chi connectivity index (χ4n) is 2.88. The molecule has 3 rings (SSSR count). The molecule has 2 aromatic rings. The van der Waals surface area contributed by atoms with Crippen LogP contribution in [-0.2, 0) is 10.0 Å². The molecule has 0 amide bonds. The fourth-order valence-corrected chi connectivity index (χ4v) is 4.31. The summed E-state index contributed by atoms with van der Waals surface area (Å²) in [5.41, 5.74) is 6.97. The highest BCUT2D eigenvalue weighted by Crippen LogP contribution is 2.35. The number of rotatable bonds is 4. The third-order valence-electron chi connectivity index (χ3n) is 4.03. The van der Waals surface area contributed by atoms with E-state index in [1.807, 2.05) is 30.3 Å². The predicted octanol–water partition coefficient (Wildman–Crippen LogP) is 2.06. The van der Waals surface area contributed by atoms with Gasteiger partial charge in [0.25, 0.3) is 10.0 Å². The van der Waals surface area contributed by atoms with Gasteiger partial charge in [-0.05, 0) is 30.2 Å². The van der Waals surface area contributed by atoms with Gasteiger partial charge in [0.2, 0.25) is 5.09 Å². The number of sulfonamides is 1. The molecule has 0 radical (unpaired) electrons. The maximum absolute atomic E-state index is 12.5. The quantitative estimate of drug-likeness (QED) is 0.922. The van der Waals surface area contributed by atoms with Crippen LogP contribution in [0.5, 0.6) is 0 Å². The van der Waals surface area contributed by atoms with E-state index in [9.17, 15) is 8.42 Å². The molecule has 120 valence electrons. The van der Waals surface area contributed by atoms with E-state index in [2.05, 4.69) is 0 Å². The molecule has 1 aliphatic rings. The van der Waals surface area contributed by atoms with Crippen molar-refractivity contribution in [2.45, 2.75) is 11.0 Å². The van der Waals surface area contributed by atoms with Crippen LogP contribution in [-0.4, -0.2) is 32.4 Å². The second kappa shape index (κ2) is 6.83. The van der Waals surface area contributed by atoms with Crippen molar-refractivity contribution in [2.75, 3.05) is 19.6 Å². The van der Waals surface area contributed by atoms with Crippen LogP contribution in [0.15, 0.2) is 58.2 Å². The zero-order valence-corrected chi connectivity index (χ0v) is 13.6. The van der Waals surface area contributed by atoms with Gasteiger partial charge >= 0.3 is 0 Å². The number of furan rings is 1. The Balaban J connectivity index is 0.00000176. The van der Waals surface area contributed by atoms with Crippen LogP contribution < -0.4 is 5.73 Å². The lowest BCUT2D eigenvalue weighted by atomic mass is 9.89. The summed E-state index contributed by atoms with van der Waals surface area (Å²) >= 11 is 0. The largest absolute Gasteiger partial charge is 0.452 e. The van der Waals surface area contributed by atoms with Gasteiger partial charge in [0, 0.05) is 19.0 Å². The monoisotopic (exact) mass is 342 g/mol. The standard InChI is InChI=1S/C15H18N2O3S.ClH/c16-9-13-10-17(21(18,19)15-7-4-8-20-15)11-14(13)12-5-2-1-3-6-12;/h1-8,13-14H,9-11,16H2;1H/t13-,14+;/m1./s1. The summed E-state index contributed by atoms with van der Waals surface area (Å²) in [5.74, 6) is 0.248. The number of nitrogens with two attached hydrogens (primary N) is 1. The molecule has 1 aliphatic heterocycles. The van der Waals surface area contributed by atoms with E-state index < -0.39 is 10.0 Å². The summed E-state index contributed by atoms with van der Waals surface area (Å²) in [6, 6.07) is 13.0. The normalized spacial score (nSPS) is 22.4. The van der Waals surface area contributed by atoms with Crippen LogP contribution in [0.2, 0.25) is 0 Å². The van der Waals surface area contributed by atoms with Crippen molar-refractivity contribution >= 4 is 22.4 Å². The van der Waals surface area contributed by atoms with Gasteiger partial charge in [-0.3, -0.25) is 0 Å². The zero-order chi connectivity index (χ0) is 14.9. The minimum atomic E-state index is -3.57. The summed E-state index contributed by atoms with van der Waals surface area (Å²) < 4.78 is 31.6. The smallest absolute Gasteiger partial charge is 0.276 e. The van der Waals surface area contributed by atoms with Crippen molar-refractivity contribution in [1.29, 1.82) is 0 Å². The predicted molar refractivity (Wildman–Crippen MR) is 86.4 cm³/mol. The Bertz CT molecular complexity index is 689. The third-order valence-corrected chi connectivity index (χ3v) is 5.75. The number of hydrogen-bond donors (Lipinski definition) is 1. The van der Waals surface area contributed by atoms with E-state index in [1.165, 1.54) is 16.6 Å². The van der Waals surface area contributed by atoms with Gasteiger partial charge in [0.05, 0.1) is 6.26 Å². The van der Waals surface area contributed by atoms with Crippen molar-refractivity contribution in [1.82, 2.24) is 4.31 Å². The van der Waals surface area contributed by atoms with Gasteiger partial charge < -0.3 is 10.2 Å². The molecule has 7 heteroatoms. The molecular weight excluding hydrogens is 324 g/mol. The minimum Gasteiger partial charge on any atom is -0.452 e. The highest BCUT2D eigenvalue weighted by molar-refractivity contribution is 7.89. The first-order chi connectivity index (χ1) is 10.1. The molecule has 0 spiro atoms. The van der Waals surface area contributed by atoms with Crippen LogP contribution in [0.3, 0.4) is 0 Å². The summed E-state index contributed by atoms with van der Waals surface area (Å²) in [4.78, 5) is 0. The lowest BCUT2D eigenvalue weighted by Gasteiger charge is -2.16. The Kier molecular flexibility index (Phi) is 5.28. The summed E-state index contributed by atoms with van der Waals surface area (Å²) in [6.45, 7) is 1.33. The van der Waals surface area contributed by atoms with E-state index in [0.29, 0.717) is 19.6 Å². The maximum atomic E-state index is 12.5. The molecule has 22 heavy (non-hydrogen) atoms. The van der Waals surface area contributed by atoms with Crippen molar-refractivity contribution in [2.24, 2.45) is 11.7 Å². The van der Waals surface area contributed by atoms with Gasteiger partial charge in [-0.1, -0.05) is 30.3 Å². The van der Waals surface area contributed by atoms with Crippen LogP contribution in [0.4, 0.5) is 0 Å². The molecule has 0 aliphatic carbocycles. The molecular formula is C15H19ClN2O3S. The average Bonchev–Trinajstić information content (AvgIpc) is 3.18. The van der Waals surface area contributed by atoms with Gasteiger partial charge in [0.1, 0.15) is 0 Å². The lowest BCUT2D eigenvalue weighted by molar-refractivity contribution is 0.405. The summed E-state index contributed by atoms with van der Waals surface area (Å²) in [7, 11) is -3.57. The first-order valence-corrected chi connectivity index (χ1v) is 8.35. The molecule has 2 heterocycles. The molecule has 2 N–H and O–H groups in total. The number of halogens is 1. The third kappa shape index (κ3) is 3.05. The second-order valence-corrected chi connectivity index (χ2v) is 7.14. The van der Waals surface area contributed by atoms with Crippen LogP contribution in [0.25, 0.3) is 0 Å². The molecule has 0 saturated carbocycles. The molecule has 0 unspecified atom stereocenters. The van der Waals surface area contributed by atoms with E-state index in [0.717, 1.165) is 5.56 Å². The molecule has 1 aromatic heterocycles.